The number of piperidine rings is 1. The van der Waals surface area contributed by atoms with Crippen molar-refractivity contribution in [3.63, 3.8) is 0 Å². The zero-order valence-electron chi connectivity index (χ0n) is 19.1. The van der Waals surface area contributed by atoms with E-state index in [-0.39, 0.29) is 0 Å². The Bertz CT molecular complexity index is 1340. The normalized spacial score (nSPS) is 17.9. The molecule has 1 aliphatic carbocycles. The summed E-state index contributed by atoms with van der Waals surface area (Å²) in [5, 5.41) is 4.66. The molecule has 0 saturated carbocycles. The van der Waals surface area contributed by atoms with Gasteiger partial charge in [-0.1, -0.05) is 18.2 Å². The smallest absolute Gasteiger partial charge is 0.0977 e. The molecule has 0 amide bonds. The number of nitrogens with zero attached hydrogens (tertiary/aromatic N) is 3. The third kappa shape index (κ3) is 3.87. The van der Waals surface area contributed by atoms with Gasteiger partial charge in [-0.25, -0.2) is 4.98 Å². The van der Waals surface area contributed by atoms with Crippen molar-refractivity contribution in [1.29, 1.82) is 0 Å². The first-order valence-corrected chi connectivity index (χ1v) is 12.0. The van der Waals surface area contributed by atoms with Crippen molar-refractivity contribution in [1.82, 2.24) is 25.3 Å². The summed E-state index contributed by atoms with van der Waals surface area (Å²) in [7, 11) is 0. The number of hydrogen-bond acceptors (Lipinski definition) is 4. The number of imidazole rings is 1. The molecule has 5 heteroatoms. The number of H-pyrrole nitrogens is 1. The van der Waals surface area contributed by atoms with Crippen LogP contribution in [0.2, 0.25) is 0 Å². The van der Waals surface area contributed by atoms with Crippen LogP contribution in [0, 0.1) is 12.3 Å². The van der Waals surface area contributed by atoms with Crippen molar-refractivity contribution in [2.45, 2.75) is 39.0 Å². The maximum Gasteiger partial charge on any atom is 0.0977 e. The standard InChI is InChI=1S/C28H29N5/c1-19-3-2-4-25(33-19)27-26(31-18-32-27)21-5-6-24-22(15-21)16-23(17-30-24)20-7-9-28(10-8-20)11-13-29-14-12-28/h2-7,15-18,29H,8-14H2,1H3,(H,31,32). The van der Waals surface area contributed by atoms with E-state index in [0.717, 1.165) is 58.8 Å². The molecule has 0 bridgehead atoms. The Kier molecular flexibility index (Phi) is 5.07. The highest BCUT2D eigenvalue weighted by Gasteiger charge is 2.33. The van der Waals surface area contributed by atoms with E-state index in [1.165, 1.54) is 36.8 Å². The van der Waals surface area contributed by atoms with E-state index in [0.29, 0.717) is 5.41 Å². The van der Waals surface area contributed by atoms with Crippen molar-refractivity contribution in [2.24, 2.45) is 5.41 Å². The Hall–Kier alpha value is -3.31. The van der Waals surface area contributed by atoms with E-state index in [1.54, 1.807) is 6.33 Å². The molecule has 2 aliphatic rings. The third-order valence-corrected chi connectivity index (χ3v) is 7.48. The second kappa shape index (κ2) is 8.23. The van der Waals surface area contributed by atoms with Gasteiger partial charge in [0.2, 0.25) is 0 Å². The number of rotatable bonds is 3. The highest BCUT2D eigenvalue weighted by Crippen LogP contribution is 2.44. The molecule has 6 rings (SSSR count). The number of hydrogen-bond donors (Lipinski definition) is 2. The number of aromatic nitrogens is 4. The van der Waals surface area contributed by atoms with Gasteiger partial charge in [0.15, 0.2) is 0 Å². The van der Waals surface area contributed by atoms with Crippen LogP contribution in [0.1, 0.15) is 43.4 Å². The van der Waals surface area contributed by atoms with Crippen LogP contribution in [-0.4, -0.2) is 33.0 Å². The number of aromatic amines is 1. The molecule has 1 spiro atoms. The molecule has 1 fully saturated rings. The minimum Gasteiger partial charge on any atom is -0.343 e. The fourth-order valence-corrected chi connectivity index (χ4v) is 5.46. The molecular weight excluding hydrogens is 406 g/mol. The van der Waals surface area contributed by atoms with E-state index in [4.69, 9.17) is 4.98 Å². The quantitative estimate of drug-likeness (QED) is 0.418. The molecule has 1 saturated heterocycles. The van der Waals surface area contributed by atoms with E-state index >= 15 is 0 Å². The summed E-state index contributed by atoms with van der Waals surface area (Å²) < 4.78 is 0. The first kappa shape index (κ1) is 20.3. The number of aryl methyl sites for hydroxylation is 1. The lowest BCUT2D eigenvalue weighted by Gasteiger charge is -2.40. The Balaban J connectivity index is 1.33. The molecule has 166 valence electrons. The number of fused-ring (bicyclic) bond motifs is 1. The summed E-state index contributed by atoms with van der Waals surface area (Å²) in [5.41, 5.74) is 9.09. The molecule has 33 heavy (non-hydrogen) atoms. The zero-order chi connectivity index (χ0) is 22.3. The lowest BCUT2D eigenvalue weighted by atomic mass is 9.68. The van der Waals surface area contributed by atoms with E-state index in [9.17, 15) is 0 Å². The number of pyridine rings is 2. The summed E-state index contributed by atoms with van der Waals surface area (Å²) in [6.07, 6.45) is 12.5. The summed E-state index contributed by atoms with van der Waals surface area (Å²) in [5.74, 6) is 0. The Morgan fingerprint density at radius 3 is 2.64 bits per heavy atom. The molecule has 4 aromatic rings. The molecule has 2 N–H and O–H groups in total. The first-order valence-electron chi connectivity index (χ1n) is 12.0. The van der Waals surface area contributed by atoms with Crippen molar-refractivity contribution >= 4 is 16.5 Å². The van der Waals surface area contributed by atoms with Crippen molar-refractivity contribution in [3.8, 4) is 22.6 Å². The lowest BCUT2D eigenvalue weighted by molar-refractivity contribution is 0.184. The number of benzene rings is 1. The summed E-state index contributed by atoms with van der Waals surface area (Å²) in [6.45, 7) is 4.34. The second-order valence-corrected chi connectivity index (χ2v) is 9.61. The molecule has 0 radical (unpaired) electrons. The molecule has 4 heterocycles. The molecule has 0 atom stereocenters. The van der Waals surface area contributed by atoms with Crippen LogP contribution in [0.5, 0.6) is 0 Å². The van der Waals surface area contributed by atoms with Gasteiger partial charge in [-0.05, 0) is 99.0 Å². The fraction of sp³-hybridized carbons (Fsp3) is 0.321. The average molecular weight is 436 g/mol. The van der Waals surface area contributed by atoms with Gasteiger partial charge in [-0.3, -0.25) is 9.97 Å². The highest BCUT2D eigenvalue weighted by atomic mass is 14.9. The molecule has 5 nitrogen and oxygen atoms in total. The van der Waals surface area contributed by atoms with Crippen molar-refractivity contribution in [2.75, 3.05) is 13.1 Å². The average Bonchev–Trinajstić information content (AvgIpc) is 3.35. The fourth-order valence-electron chi connectivity index (χ4n) is 5.46. The minimum absolute atomic E-state index is 0.520. The van der Waals surface area contributed by atoms with Gasteiger partial charge in [0, 0.05) is 22.8 Å². The maximum absolute atomic E-state index is 4.78. The minimum atomic E-state index is 0.520. The number of nitrogens with one attached hydrogen (secondary N) is 2. The number of allylic oxidation sites excluding steroid dienone is 2. The van der Waals surface area contributed by atoms with Gasteiger partial charge in [-0.2, -0.15) is 0 Å². The van der Waals surface area contributed by atoms with Gasteiger partial charge in [0.1, 0.15) is 0 Å². The van der Waals surface area contributed by atoms with E-state index in [1.807, 2.05) is 31.3 Å². The van der Waals surface area contributed by atoms with Crippen LogP contribution < -0.4 is 5.32 Å². The van der Waals surface area contributed by atoms with E-state index in [2.05, 4.69) is 50.6 Å². The zero-order valence-corrected chi connectivity index (χ0v) is 19.1. The molecule has 0 unspecified atom stereocenters. The summed E-state index contributed by atoms with van der Waals surface area (Å²) in [4.78, 5) is 17.4. The molecule has 3 aromatic heterocycles. The highest BCUT2D eigenvalue weighted by molar-refractivity contribution is 5.88. The summed E-state index contributed by atoms with van der Waals surface area (Å²) in [6, 6.07) is 14.8. The lowest BCUT2D eigenvalue weighted by Crippen LogP contribution is -2.37. The predicted octanol–water partition coefficient (Wildman–Crippen LogP) is 5.93. The Morgan fingerprint density at radius 2 is 1.82 bits per heavy atom. The van der Waals surface area contributed by atoms with Crippen LogP contribution in [0.3, 0.4) is 0 Å². The monoisotopic (exact) mass is 435 g/mol. The van der Waals surface area contributed by atoms with Gasteiger partial charge in [0.05, 0.1) is 28.9 Å². The Morgan fingerprint density at radius 1 is 0.939 bits per heavy atom. The first-order chi connectivity index (χ1) is 16.2. The topological polar surface area (TPSA) is 66.5 Å². The maximum atomic E-state index is 4.78. The SMILES string of the molecule is Cc1cccc(-c2[nH]cnc2-c2ccc3ncc(C4=CCC5(CCNCC5)CC4)cc3c2)n1. The second-order valence-electron chi connectivity index (χ2n) is 9.61. The molecular formula is C28H29N5. The predicted molar refractivity (Wildman–Crippen MR) is 134 cm³/mol. The van der Waals surface area contributed by atoms with Crippen LogP contribution in [-0.2, 0) is 0 Å². The molecule has 1 aromatic carbocycles. The van der Waals surface area contributed by atoms with Crippen LogP contribution in [0.15, 0.2) is 61.1 Å². The van der Waals surface area contributed by atoms with Gasteiger partial charge < -0.3 is 10.3 Å². The van der Waals surface area contributed by atoms with E-state index < -0.39 is 0 Å². The van der Waals surface area contributed by atoms with Gasteiger partial charge in [-0.15, -0.1) is 0 Å². The van der Waals surface area contributed by atoms with Gasteiger partial charge in [0.25, 0.3) is 0 Å². The van der Waals surface area contributed by atoms with Gasteiger partial charge >= 0.3 is 0 Å². The van der Waals surface area contributed by atoms with Crippen molar-refractivity contribution < 1.29 is 0 Å². The van der Waals surface area contributed by atoms with Crippen LogP contribution >= 0.6 is 0 Å². The molecule has 1 aliphatic heterocycles. The van der Waals surface area contributed by atoms with Crippen molar-refractivity contribution in [3.05, 3.63) is 72.3 Å². The van der Waals surface area contributed by atoms with Crippen LogP contribution in [0.4, 0.5) is 0 Å². The van der Waals surface area contributed by atoms with Crippen LogP contribution in [0.25, 0.3) is 39.1 Å². The third-order valence-electron chi connectivity index (χ3n) is 7.48. The largest absolute Gasteiger partial charge is 0.343 e. The summed E-state index contributed by atoms with van der Waals surface area (Å²) >= 11 is 0. The Labute approximate surface area is 194 Å².